The van der Waals surface area contributed by atoms with Crippen LogP contribution in [-0.4, -0.2) is 53.5 Å². The zero-order valence-corrected chi connectivity index (χ0v) is 23.5. The SMILES string of the molecule is CC(C)(C)OC(=O)NCCn1c(=O)n([C@@H]2CCOc3c(F)ccc(F)c32)c2nc(-n3cnc4ccc(C#N)cc43)ncc21. The Bertz CT molecular complexity index is 2000. The molecule has 0 saturated heterocycles. The smallest absolute Gasteiger partial charge is 0.407 e. The minimum atomic E-state index is -0.943. The molecule has 1 aliphatic rings. The van der Waals surface area contributed by atoms with Crippen LogP contribution in [0.1, 0.15) is 44.4 Å². The molecule has 0 fully saturated rings. The number of halogens is 2. The monoisotopic (exact) mass is 588 g/mol. The molecule has 1 amide bonds. The highest BCUT2D eigenvalue weighted by molar-refractivity contribution is 5.79. The molecular weight excluding hydrogens is 562 g/mol. The van der Waals surface area contributed by atoms with Crippen LogP contribution in [-0.2, 0) is 11.3 Å². The van der Waals surface area contributed by atoms with E-state index in [1.807, 2.05) is 0 Å². The molecule has 4 heterocycles. The molecule has 0 aliphatic carbocycles. The Hall–Kier alpha value is -5.32. The van der Waals surface area contributed by atoms with Crippen molar-refractivity contribution < 1.29 is 23.0 Å². The van der Waals surface area contributed by atoms with Gasteiger partial charge in [0.1, 0.15) is 23.3 Å². The Labute approximate surface area is 243 Å². The van der Waals surface area contributed by atoms with Gasteiger partial charge in [-0.25, -0.2) is 28.3 Å². The van der Waals surface area contributed by atoms with Gasteiger partial charge >= 0.3 is 11.8 Å². The lowest BCUT2D eigenvalue weighted by Gasteiger charge is -2.27. The van der Waals surface area contributed by atoms with Gasteiger partial charge in [0.05, 0.1) is 47.1 Å². The molecule has 1 atom stereocenters. The minimum Gasteiger partial charge on any atom is -0.490 e. The lowest BCUT2D eigenvalue weighted by Crippen LogP contribution is -2.36. The molecule has 1 aliphatic heterocycles. The van der Waals surface area contributed by atoms with E-state index in [1.54, 1.807) is 43.5 Å². The van der Waals surface area contributed by atoms with Gasteiger partial charge in [-0.05, 0) is 51.1 Å². The fraction of sp³-hybridized carbons (Fsp3) is 0.310. The molecule has 220 valence electrons. The average molecular weight is 589 g/mol. The quantitative estimate of drug-likeness (QED) is 0.325. The Morgan fingerprint density at radius 2 is 1.98 bits per heavy atom. The topological polar surface area (TPSA) is 142 Å². The van der Waals surface area contributed by atoms with E-state index < -0.39 is 35.1 Å². The van der Waals surface area contributed by atoms with Crippen molar-refractivity contribution in [1.82, 2.24) is 34.0 Å². The maximum absolute atomic E-state index is 15.2. The molecule has 5 aromatic rings. The van der Waals surface area contributed by atoms with Crippen molar-refractivity contribution in [2.75, 3.05) is 13.2 Å². The van der Waals surface area contributed by atoms with Crippen molar-refractivity contribution in [3.8, 4) is 17.8 Å². The standard InChI is InChI=1S/C29H26F2N8O4/c1-29(2,3)43-27(40)33-9-10-37-22-14-34-26(38-15-35-19-7-4-16(13-32)12-21(19)38)36-25(22)39(28(37)41)20-8-11-42-24-18(31)6-5-17(30)23(20)24/h4-7,12,14-15,20H,8-11H2,1-3H3,(H,33,40)/t20-/m1/s1. The van der Waals surface area contributed by atoms with Crippen molar-refractivity contribution in [1.29, 1.82) is 5.26 Å². The number of nitrogens with one attached hydrogen (secondary N) is 1. The molecule has 2 aromatic carbocycles. The number of aromatic nitrogens is 6. The Morgan fingerprint density at radius 3 is 2.74 bits per heavy atom. The number of hydrogen-bond donors (Lipinski definition) is 1. The molecule has 6 rings (SSSR count). The number of carbonyl (C=O) groups excluding carboxylic acids is 1. The molecule has 0 spiro atoms. The molecule has 3 aromatic heterocycles. The number of fused-ring (bicyclic) bond motifs is 3. The van der Waals surface area contributed by atoms with E-state index in [1.165, 1.54) is 21.7 Å². The first-order chi connectivity index (χ1) is 20.6. The molecule has 12 nitrogen and oxygen atoms in total. The number of benzene rings is 2. The summed E-state index contributed by atoms with van der Waals surface area (Å²) >= 11 is 0. The maximum Gasteiger partial charge on any atom is 0.407 e. The van der Waals surface area contributed by atoms with Crippen molar-refractivity contribution in [2.24, 2.45) is 0 Å². The van der Waals surface area contributed by atoms with Crippen LogP contribution in [0, 0.1) is 23.0 Å². The van der Waals surface area contributed by atoms with E-state index in [2.05, 4.69) is 21.4 Å². The number of rotatable bonds is 5. The predicted molar refractivity (Wildman–Crippen MR) is 150 cm³/mol. The van der Waals surface area contributed by atoms with Gasteiger partial charge in [0.2, 0.25) is 5.95 Å². The van der Waals surface area contributed by atoms with Gasteiger partial charge in [0, 0.05) is 19.5 Å². The fourth-order valence-corrected chi connectivity index (χ4v) is 5.16. The average Bonchev–Trinajstić information content (AvgIpc) is 3.51. The number of imidazole rings is 2. The molecule has 43 heavy (non-hydrogen) atoms. The van der Waals surface area contributed by atoms with Gasteiger partial charge in [-0.1, -0.05) is 0 Å². The van der Waals surface area contributed by atoms with Crippen molar-refractivity contribution in [2.45, 2.75) is 45.4 Å². The van der Waals surface area contributed by atoms with E-state index in [0.29, 0.717) is 22.1 Å². The van der Waals surface area contributed by atoms with Gasteiger partial charge in [0.15, 0.2) is 17.2 Å². The summed E-state index contributed by atoms with van der Waals surface area (Å²) in [6.45, 7) is 5.30. The number of nitrogens with zero attached hydrogens (tertiary/aromatic N) is 7. The van der Waals surface area contributed by atoms with Crippen LogP contribution < -0.4 is 15.7 Å². The molecule has 0 unspecified atom stereocenters. The lowest BCUT2D eigenvalue weighted by atomic mass is 9.99. The number of nitriles is 1. The van der Waals surface area contributed by atoms with E-state index in [9.17, 15) is 19.2 Å². The van der Waals surface area contributed by atoms with Crippen LogP contribution >= 0.6 is 0 Å². The summed E-state index contributed by atoms with van der Waals surface area (Å²) in [4.78, 5) is 39.7. The first-order valence-electron chi connectivity index (χ1n) is 13.5. The van der Waals surface area contributed by atoms with Crippen molar-refractivity contribution in [3.05, 3.63) is 76.1 Å². The highest BCUT2D eigenvalue weighted by atomic mass is 19.1. The highest BCUT2D eigenvalue weighted by Gasteiger charge is 2.33. The lowest BCUT2D eigenvalue weighted by molar-refractivity contribution is 0.0526. The summed E-state index contributed by atoms with van der Waals surface area (Å²) in [6, 6.07) is 8.10. The van der Waals surface area contributed by atoms with Crippen LogP contribution in [0.25, 0.3) is 28.1 Å². The Morgan fingerprint density at radius 1 is 1.19 bits per heavy atom. The molecule has 0 radical (unpaired) electrons. The van der Waals surface area contributed by atoms with Gasteiger partial charge in [0.25, 0.3) is 0 Å². The summed E-state index contributed by atoms with van der Waals surface area (Å²) < 4.78 is 44.9. The van der Waals surface area contributed by atoms with Crippen molar-refractivity contribution >= 4 is 28.3 Å². The van der Waals surface area contributed by atoms with E-state index in [-0.39, 0.29) is 49.0 Å². The predicted octanol–water partition coefficient (Wildman–Crippen LogP) is 3.98. The summed E-state index contributed by atoms with van der Waals surface area (Å²) in [7, 11) is 0. The second kappa shape index (κ2) is 10.5. The van der Waals surface area contributed by atoms with Crippen LogP contribution in [0.15, 0.2) is 47.7 Å². The molecule has 1 N–H and O–H groups in total. The number of carbonyl (C=O) groups is 1. The summed E-state index contributed by atoms with van der Waals surface area (Å²) in [6.07, 6.45) is 2.46. The summed E-state index contributed by atoms with van der Waals surface area (Å²) in [5.74, 6) is -1.57. The number of alkyl carbamates (subject to hydrolysis) is 1. The Kier molecular flexibility index (Phi) is 6.80. The van der Waals surface area contributed by atoms with Crippen LogP contribution in [0.3, 0.4) is 0 Å². The zero-order valence-electron chi connectivity index (χ0n) is 23.5. The molecule has 0 saturated carbocycles. The minimum absolute atomic E-state index is 0.0194. The van der Waals surface area contributed by atoms with Crippen LogP contribution in [0.2, 0.25) is 0 Å². The number of hydrogen-bond acceptors (Lipinski definition) is 8. The zero-order chi connectivity index (χ0) is 30.5. The summed E-state index contributed by atoms with van der Waals surface area (Å²) in [5, 5.41) is 12.0. The van der Waals surface area contributed by atoms with Gasteiger partial charge < -0.3 is 14.8 Å². The third kappa shape index (κ3) is 5.03. The van der Waals surface area contributed by atoms with E-state index >= 15 is 4.39 Å². The second-order valence-electron chi connectivity index (χ2n) is 11.0. The van der Waals surface area contributed by atoms with Gasteiger partial charge in [-0.2, -0.15) is 10.2 Å². The number of ether oxygens (including phenoxy) is 2. The maximum atomic E-state index is 15.2. The fourth-order valence-electron chi connectivity index (χ4n) is 5.16. The first kappa shape index (κ1) is 27.8. The van der Waals surface area contributed by atoms with Crippen LogP contribution in [0.5, 0.6) is 5.75 Å². The normalized spacial score (nSPS) is 14.7. The largest absolute Gasteiger partial charge is 0.490 e. The Balaban J connectivity index is 1.49. The third-order valence-corrected chi connectivity index (χ3v) is 6.97. The van der Waals surface area contributed by atoms with E-state index in [0.717, 1.165) is 12.1 Å². The van der Waals surface area contributed by atoms with Crippen molar-refractivity contribution in [3.63, 3.8) is 0 Å². The number of amides is 1. The molecule has 0 bridgehead atoms. The van der Waals surface area contributed by atoms with Gasteiger partial charge in [-0.15, -0.1) is 0 Å². The van der Waals surface area contributed by atoms with Crippen LogP contribution in [0.4, 0.5) is 13.6 Å². The highest BCUT2D eigenvalue weighted by Crippen LogP contribution is 2.39. The van der Waals surface area contributed by atoms with E-state index in [4.69, 9.17) is 14.5 Å². The second-order valence-corrected chi connectivity index (χ2v) is 11.0. The molecule has 14 heteroatoms. The summed E-state index contributed by atoms with van der Waals surface area (Å²) in [5.41, 5.74) is 0.690. The molecular formula is C29H26F2N8O4. The first-order valence-corrected chi connectivity index (χ1v) is 13.5. The van der Waals surface area contributed by atoms with Gasteiger partial charge in [-0.3, -0.25) is 13.7 Å². The third-order valence-electron chi connectivity index (χ3n) is 6.97.